The second-order valence-electron chi connectivity index (χ2n) is 3.85. The molecule has 1 saturated heterocycles. The molecule has 19 heavy (non-hydrogen) atoms. The van der Waals surface area contributed by atoms with Gasteiger partial charge in [0.25, 0.3) is 0 Å². The van der Waals surface area contributed by atoms with E-state index in [-0.39, 0.29) is 29.5 Å². The zero-order valence-electron chi connectivity index (χ0n) is 9.85. The third-order valence-corrected chi connectivity index (χ3v) is 2.62. The second kappa shape index (κ2) is 5.48. The van der Waals surface area contributed by atoms with E-state index in [0.29, 0.717) is 0 Å². The Labute approximate surface area is 113 Å². The summed E-state index contributed by atoms with van der Waals surface area (Å²) in [6.07, 6.45) is -0.916. The number of phenolic OH excluding ortho intramolecular Hbond substituents is 1. The third kappa shape index (κ3) is 2.98. The average molecular weight is 296 g/mol. The van der Waals surface area contributed by atoms with Gasteiger partial charge in [-0.05, 0) is 17.7 Å². The number of cyclic esters (lactones) is 1. The highest BCUT2D eigenvalue weighted by Crippen LogP contribution is 2.37. The quantitative estimate of drug-likeness (QED) is 0.878. The maximum Gasteiger partial charge on any atom is 0.408 e. The van der Waals surface area contributed by atoms with Gasteiger partial charge in [-0.15, -0.1) is 12.4 Å². The molecule has 1 atom stereocenters. The van der Waals surface area contributed by atoms with Gasteiger partial charge in [0.2, 0.25) is 0 Å². The summed E-state index contributed by atoms with van der Waals surface area (Å²) in [5, 5.41) is 11.6. The number of phenols is 1. The van der Waals surface area contributed by atoms with Gasteiger partial charge in [-0.2, -0.15) is 0 Å². The monoisotopic (exact) mass is 295 g/mol. The molecule has 0 radical (unpaired) electrons. The van der Waals surface area contributed by atoms with Gasteiger partial charge < -0.3 is 19.9 Å². The van der Waals surface area contributed by atoms with Crippen molar-refractivity contribution in [1.82, 2.24) is 5.32 Å². The molecule has 0 bridgehead atoms. The number of ether oxygens (including phenoxy) is 2. The number of hydrogen-bond donors (Lipinski definition) is 2. The lowest BCUT2D eigenvalue weighted by atomic mass is 9.99. The minimum Gasteiger partial charge on any atom is -0.504 e. The summed E-state index contributed by atoms with van der Waals surface area (Å²) in [7, 11) is 1.35. The van der Waals surface area contributed by atoms with Gasteiger partial charge >= 0.3 is 12.0 Å². The van der Waals surface area contributed by atoms with E-state index in [1.54, 1.807) is 0 Å². The fourth-order valence-corrected chi connectivity index (χ4v) is 1.72. The van der Waals surface area contributed by atoms with E-state index in [0.717, 1.165) is 6.07 Å². The smallest absolute Gasteiger partial charge is 0.408 e. The molecule has 106 valence electrons. The Morgan fingerprint density at radius 1 is 1.53 bits per heavy atom. The molecule has 1 aliphatic rings. The van der Waals surface area contributed by atoms with Gasteiger partial charge in [0.05, 0.1) is 7.11 Å². The lowest BCUT2D eigenvalue weighted by molar-refractivity contribution is -0.104. The van der Waals surface area contributed by atoms with Gasteiger partial charge in [-0.25, -0.2) is 13.6 Å². The molecule has 0 spiro atoms. The predicted molar refractivity (Wildman–Crippen MR) is 64.1 cm³/mol. The van der Waals surface area contributed by atoms with Crippen molar-refractivity contribution >= 4 is 18.5 Å². The first-order valence-corrected chi connectivity index (χ1v) is 5.12. The molecule has 1 aromatic carbocycles. The normalized spacial score (nSPS) is 20.8. The van der Waals surface area contributed by atoms with Crippen LogP contribution in [0.3, 0.4) is 0 Å². The molecule has 0 saturated carbocycles. The van der Waals surface area contributed by atoms with Crippen LogP contribution in [0.5, 0.6) is 11.5 Å². The lowest BCUT2D eigenvalue weighted by Gasteiger charge is -2.31. The number of carbonyl (C=O) groups excluding carboxylic acids is 1. The van der Waals surface area contributed by atoms with E-state index in [1.807, 2.05) is 5.32 Å². The highest BCUT2D eigenvalue weighted by atomic mass is 35.5. The maximum absolute atomic E-state index is 13.6. The van der Waals surface area contributed by atoms with Crippen molar-refractivity contribution in [2.75, 3.05) is 13.7 Å². The van der Waals surface area contributed by atoms with E-state index < -0.39 is 24.7 Å². The zero-order valence-corrected chi connectivity index (χ0v) is 10.7. The Morgan fingerprint density at radius 2 is 2.21 bits per heavy atom. The summed E-state index contributed by atoms with van der Waals surface area (Å²) in [5.74, 6) is -3.35. The molecule has 5 nitrogen and oxygen atoms in total. The molecule has 8 heteroatoms. The molecule has 2 N–H and O–H groups in total. The number of nitrogens with one attached hydrogen (secondary N) is 1. The van der Waals surface area contributed by atoms with Gasteiger partial charge in [0.1, 0.15) is 6.04 Å². The number of alkyl halides is 2. The van der Waals surface area contributed by atoms with Crippen molar-refractivity contribution in [3.8, 4) is 11.5 Å². The summed E-state index contributed by atoms with van der Waals surface area (Å²) in [6.45, 7) is -0.990. The first-order chi connectivity index (χ1) is 8.44. The summed E-state index contributed by atoms with van der Waals surface area (Å²) in [4.78, 5) is 11.0. The predicted octanol–water partition coefficient (Wildman–Crippen LogP) is 2.24. The van der Waals surface area contributed by atoms with Gasteiger partial charge in [0.15, 0.2) is 18.1 Å². The highest BCUT2D eigenvalue weighted by Gasteiger charge is 2.46. The van der Waals surface area contributed by atoms with Crippen molar-refractivity contribution in [3.63, 3.8) is 0 Å². The van der Waals surface area contributed by atoms with E-state index in [4.69, 9.17) is 4.74 Å². The van der Waals surface area contributed by atoms with E-state index in [1.165, 1.54) is 19.2 Å². The zero-order chi connectivity index (χ0) is 13.3. The fourth-order valence-electron chi connectivity index (χ4n) is 1.72. The van der Waals surface area contributed by atoms with Gasteiger partial charge in [0, 0.05) is 0 Å². The van der Waals surface area contributed by atoms with Crippen molar-refractivity contribution in [3.05, 3.63) is 23.8 Å². The van der Waals surface area contributed by atoms with Crippen molar-refractivity contribution in [2.24, 2.45) is 0 Å². The first kappa shape index (κ1) is 15.3. The van der Waals surface area contributed by atoms with Gasteiger partial charge in [-0.3, -0.25) is 0 Å². The summed E-state index contributed by atoms with van der Waals surface area (Å²) >= 11 is 0. The van der Waals surface area contributed by atoms with Crippen LogP contribution in [0, 0.1) is 0 Å². The van der Waals surface area contributed by atoms with Crippen molar-refractivity contribution in [2.45, 2.75) is 12.0 Å². The Bertz CT molecular complexity index is 484. The number of halogens is 3. The number of aromatic hydroxyl groups is 1. The molecule has 2 rings (SSSR count). The summed E-state index contributed by atoms with van der Waals surface area (Å²) in [5.41, 5.74) is 0.0787. The molecule has 1 fully saturated rings. The number of hydrogen-bond acceptors (Lipinski definition) is 4. The number of amides is 1. The molecule has 0 unspecified atom stereocenters. The Kier molecular flexibility index (Phi) is 4.41. The molecule has 1 heterocycles. The number of benzene rings is 1. The first-order valence-electron chi connectivity index (χ1n) is 5.12. The van der Waals surface area contributed by atoms with Crippen LogP contribution in [0.25, 0.3) is 0 Å². The van der Waals surface area contributed by atoms with Crippen LogP contribution in [0.1, 0.15) is 11.6 Å². The van der Waals surface area contributed by atoms with E-state index >= 15 is 0 Å². The molecule has 1 aliphatic heterocycles. The van der Waals surface area contributed by atoms with Crippen LogP contribution in [0.15, 0.2) is 18.2 Å². The lowest BCUT2D eigenvalue weighted by Crippen LogP contribution is -2.49. The summed E-state index contributed by atoms with van der Waals surface area (Å²) < 4.78 is 36.2. The molecule has 0 aromatic heterocycles. The van der Waals surface area contributed by atoms with Crippen LogP contribution in [-0.2, 0) is 4.74 Å². The third-order valence-electron chi connectivity index (χ3n) is 2.62. The van der Waals surface area contributed by atoms with Crippen LogP contribution < -0.4 is 10.1 Å². The topological polar surface area (TPSA) is 67.8 Å². The molecular weight excluding hydrogens is 284 g/mol. The Morgan fingerprint density at radius 3 is 2.79 bits per heavy atom. The van der Waals surface area contributed by atoms with Crippen LogP contribution in [0.4, 0.5) is 13.6 Å². The molecule has 1 aromatic rings. The molecular formula is C11H12ClF2NO4. The molecule has 0 aliphatic carbocycles. The Balaban J connectivity index is 0.00000180. The maximum atomic E-state index is 13.6. The number of methoxy groups -OCH3 is 1. The average Bonchev–Trinajstić information content (AvgIpc) is 2.32. The second-order valence-corrected chi connectivity index (χ2v) is 3.85. The SMILES string of the molecule is COc1ccc([C@@H]2NC(=O)OCC2(F)F)cc1O.Cl. The standard InChI is InChI=1S/C11H11F2NO4.ClH/c1-17-8-3-2-6(4-7(8)15)9-11(12,13)5-18-10(16)14-9;/h2-4,9,15H,5H2,1H3,(H,14,16);1H/t9-;/m0./s1. The summed E-state index contributed by atoms with van der Waals surface area (Å²) in [6, 6.07) is 2.30. The Hall–Kier alpha value is -1.76. The number of rotatable bonds is 2. The molecule has 1 amide bonds. The van der Waals surface area contributed by atoms with Crippen LogP contribution >= 0.6 is 12.4 Å². The number of carbonyl (C=O) groups is 1. The minimum absolute atomic E-state index is 0. The van der Waals surface area contributed by atoms with E-state index in [2.05, 4.69) is 4.74 Å². The van der Waals surface area contributed by atoms with Crippen molar-refractivity contribution in [1.29, 1.82) is 0 Å². The van der Waals surface area contributed by atoms with Crippen molar-refractivity contribution < 1.29 is 28.2 Å². The van der Waals surface area contributed by atoms with Crippen LogP contribution in [-0.4, -0.2) is 30.8 Å². The van der Waals surface area contributed by atoms with Gasteiger partial charge in [-0.1, -0.05) is 6.07 Å². The highest BCUT2D eigenvalue weighted by molar-refractivity contribution is 5.85. The van der Waals surface area contributed by atoms with Crippen LogP contribution in [0.2, 0.25) is 0 Å². The van der Waals surface area contributed by atoms with E-state index in [9.17, 15) is 18.7 Å². The fraction of sp³-hybridized carbons (Fsp3) is 0.364. The minimum atomic E-state index is -3.24. The number of alkyl carbamates (subject to hydrolysis) is 1. The largest absolute Gasteiger partial charge is 0.504 e.